The largest absolute Gasteiger partial charge is 0.339 e. The highest BCUT2D eigenvalue weighted by Crippen LogP contribution is 2.05. The summed E-state index contributed by atoms with van der Waals surface area (Å²) in [5.74, 6) is 0.279. The molecule has 1 aliphatic heterocycles. The summed E-state index contributed by atoms with van der Waals surface area (Å²) in [5, 5.41) is 2.71. The van der Waals surface area contributed by atoms with Crippen LogP contribution in [-0.4, -0.2) is 83.7 Å². The van der Waals surface area contributed by atoms with Crippen molar-refractivity contribution < 1.29 is 14.4 Å². The molecule has 1 fully saturated rings. The van der Waals surface area contributed by atoms with Crippen LogP contribution in [0.15, 0.2) is 18.3 Å². The van der Waals surface area contributed by atoms with Gasteiger partial charge in [-0.2, -0.15) is 0 Å². The van der Waals surface area contributed by atoms with Crippen LogP contribution in [0.25, 0.3) is 0 Å². The molecule has 1 aliphatic rings. The fourth-order valence-electron chi connectivity index (χ4n) is 2.63. The van der Waals surface area contributed by atoms with Crippen molar-refractivity contribution in [2.45, 2.75) is 13.8 Å². The first-order chi connectivity index (χ1) is 11.8. The quantitative estimate of drug-likeness (QED) is 0.807. The van der Waals surface area contributed by atoms with Gasteiger partial charge >= 0.3 is 0 Å². The lowest BCUT2D eigenvalue weighted by Crippen LogP contribution is -2.52. The molecule has 1 saturated heterocycles. The van der Waals surface area contributed by atoms with Crippen LogP contribution in [0.5, 0.6) is 0 Å². The highest BCUT2D eigenvalue weighted by atomic mass is 16.2. The number of amides is 3. The molecule has 25 heavy (non-hydrogen) atoms. The number of pyridine rings is 1. The highest BCUT2D eigenvalue weighted by Gasteiger charge is 2.23. The van der Waals surface area contributed by atoms with E-state index < -0.39 is 0 Å². The van der Waals surface area contributed by atoms with Crippen LogP contribution in [0.2, 0.25) is 0 Å². The van der Waals surface area contributed by atoms with Crippen molar-refractivity contribution in [3.05, 3.63) is 23.9 Å². The van der Waals surface area contributed by atoms with Crippen molar-refractivity contribution in [3.63, 3.8) is 0 Å². The van der Waals surface area contributed by atoms with Gasteiger partial charge in [-0.3, -0.25) is 19.3 Å². The molecule has 0 spiro atoms. The Balaban J connectivity index is 1.74. The topological polar surface area (TPSA) is 85.9 Å². The number of anilines is 1. The van der Waals surface area contributed by atoms with E-state index in [9.17, 15) is 14.4 Å². The molecule has 0 saturated carbocycles. The van der Waals surface area contributed by atoms with Crippen LogP contribution in [0, 0.1) is 6.92 Å². The van der Waals surface area contributed by atoms with Gasteiger partial charge in [-0.15, -0.1) is 0 Å². The molecular weight excluding hydrogens is 322 g/mol. The standard InChI is InChI=1S/C17H25N5O3/c1-13-4-5-15(18-10-13)19-16(24)11-20(3)12-17(25)22-8-6-21(7-9-22)14(2)23/h4-5,10H,6-9,11-12H2,1-3H3,(H,18,19,24). The number of hydrogen-bond donors (Lipinski definition) is 1. The zero-order valence-electron chi connectivity index (χ0n) is 15.0. The zero-order valence-corrected chi connectivity index (χ0v) is 15.0. The molecule has 0 bridgehead atoms. The van der Waals surface area contributed by atoms with E-state index >= 15 is 0 Å². The maximum atomic E-state index is 12.3. The van der Waals surface area contributed by atoms with Gasteiger partial charge < -0.3 is 15.1 Å². The molecule has 1 aromatic rings. The molecule has 8 nitrogen and oxygen atoms in total. The summed E-state index contributed by atoms with van der Waals surface area (Å²) in [6.45, 7) is 5.91. The number of nitrogens with one attached hydrogen (secondary N) is 1. The Hall–Kier alpha value is -2.48. The van der Waals surface area contributed by atoms with Gasteiger partial charge in [0.1, 0.15) is 5.82 Å². The number of hydrogen-bond acceptors (Lipinski definition) is 5. The normalized spacial score (nSPS) is 14.6. The first-order valence-corrected chi connectivity index (χ1v) is 8.29. The fourth-order valence-corrected chi connectivity index (χ4v) is 2.63. The van der Waals surface area contributed by atoms with Gasteiger partial charge in [0.15, 0.2) is 0 Å². The molecule has 0 aromatic carbocycles. The number of carbonyl (C=O) groups excluding carboxylic acids is 3. The van der Waals surface area contributed by atoms with Crippen molar-refractivity contribution >= 4 is 23.5 Å². The van der Waals surface area contributed by atoms with Gasteiger partial charge in [0.2, 0.25) is 17.7 Å². The number of carbonyl (C=O) groups is 3. The smallest absolute Gasteiger partial charge is 0.239 e. The van der Waals surface area contributed by atoms with Crippen LogP contribution in [0.1, 0.15) is 12.5 Å². The molecule has 136 valence electrons. The Morgan fingerprint density at radius 1 is 1.12 bits per heavy atom. The predicted octanol–water partition coefficient (Wildman–Crippen LogP) is -0.0490. The molecule has 0 atom stereocenters. The number of rotatable bonds is 5. The maximum absolute atomic E-state index is 12.3. The second kappa shape index (κ2) is 8.57. The third-order valence-electron chi connectivity index (χ3n) is 4.08. The molecule has 2 rings (SSSR count). The first-order valence-electron chi connectivity index (χ1n) is 8.29. The molecule has 1 N–H and O–H groups in total. The summed E-state index contributed by atoms with van der Waals surface area (Å²) in [7, 11) is 1.73. The minimum atomic E-state index is -0.215. The summed E-state index contributed by atoms with van der Waals surface area (Å²) in [5.41, 5.74) is 1.02. The van der Waals surface area contributed by atoms with Crippen LogP contribution >= 0.6 is 0 Å². The van der Waals surface area contributed by atoms with Crippen molar-refractivity contribution in [1.82, 2.24) is 19.7 Å². The Morgan fingerprint density at radius 3 is 2.32 bits per heavy atom. The number of nitrogens with zero attached hydrogens (tertiary/aromatic N) is 4. The molecule has 8 heteroatoms. The van der Waals surface area contributed by atoms with Gasteiger partial charge in [-0.05, 0) is 25.6 Å². The lowest BCUT2D eigenvalue weighted by molar-refractivity contribution is -0.139. The Labute approximate surface area is 147 Å². The second-order valence-corrected chi connectivity index (χ2v) is 6.33. The minimum Gasteiger partial charge on any atom is -0.339 e. The average molecular weight is 347 g/mol. The summed E-state index contributed by atoms with van der Waals surface area (Å²) in [6.07, 6.45) is 1.68. The van der Waals surface area contributed by atoms with E-state index in [1.54, 1.807) is 34.0 Å². The van der Waals surface area contributed by atoms with Gasteiger partial charge in [-0.1, -0.05) is 6.07 Å². The van der Waals surface area contributed by atoms with E-state index in [1.165, 1.54) is 6.92 Å². The average Bonchev–Trinajstić information content (AvgIpc) is 2.56. The minimum absolute atomic E-state index is 0.0330. The number of piperazine rings is 1. The molecule has 2 heterocycles. The summed E-state index contributed by atoms with van der Waals surface area (Å²) >= 11 is 0. The van der Waals surface area contributed by atoms with Crippen LogP contribution in [-0.2, 0) is 14.4 Å². The number of likely N-dealkylation sites (N-methyl/N-ethyl adjacent to an activating group) is 1. The Morgan fingerprint density at radius 2 is 1.76 bits per heavy atom. The molecule has 3 amide bonds. The third kappa shape index (κ3) is 5.82. The number of aryl methyl sites for hydroxylation is 1. The third-order valence-corrected chi connectivity index (χ3v) is 4.08. The van der Waals surface area contributed by atoms with E-state index in [-0.39, 0.29) is 30.8 Å². The lowest BCUT2D eigenvalue weighted by Gasteiger charge is -2.35. The maximum Gasteiger partial charge on any atom is 0.239 e. The fraction of sp³-hybridized carbons (Fsp3) is 0.529. The monoisotopic (exact) mass is 347 g/mol. The predicted molar refractivity (Wildman–Crippen MR) is 93.9 cm³/mol. The van der Waals surface area contributed by atoms with Crippen molar-refractivity contribution in [1.29, 1.82) is 0 Å². The van der Waals surface area contributed by atoms with Crippen molar-refractivity contribution in [2.75, 3.05) is 51.6 Å². The van der Waals surface area contributed by atoms with E-state index in [0.717, 1.165) is 5.56 Å². The zero-order chi connectivity index (χ0) is 18.4. The molecule has 1 aromatic heterocycles. The molecule has 0 radical (unpaired) electrons. The van der Waals surface area contributed by atoms with Crippen molar-refractivity contribution in [3.8, 4) is 0 Å². The summed E-state index contributed by atoms with van der Waals surface area (Å²) < 4.78 is 0. The SMILES string of the molecule is CC(=O)N1CCN(C(=O)CN(C)CC(=O)Nc2ccc(C)cn2)CC1. The van der Waals surface area contributed by atoms with Gasteiger partial charge in [0.05, 0.1) is 13.1 Å². The van der Waals surface area contributed by atoms with Gasteiger partial charge in [0, 0.05) is 39.3 Å². The Bertz CT molecular complexity index is 624. The first kappa shape index (κ1) is 18.9. The molecule has 0 unspecified atom stereocenters. The highest BCUT2D eigenvalue weighted by molar-refractivity contribution is 5.91. The molecular formula is C17H25N5O3. The van der Waals surface area contributed by atoms with E-state index in [4.69, 9.17) is 0 Å². The molecule has 0 aliphatic carbocycles. The van der Waals surface area contributed by atoms with E-state index in [1.807, 2.05) is 13.0 Å². The van der Waals surface area contributed by atoms with Crippen LogP contribution in [0.3, 0.4) is 0 Å². The van der Waals surface area contributed by atoms with Crippen molar-refractivity contribution in [2.24, 2.45) is 0 Å². The summed E-state index contributed by atoms with van der Waals surface area (Å²) in [4.78, 5) is 44.9. The van der Waals surface area contributed by atoms with E-state index in [2.05, 4.69) is 10.3 Å². The lowest BCUT2D eigenvalue weighted by atomic mass is 10.3. The number of aromatic nitrogens is 1. The Kier molecular flexibility index (Phi) is 6.46. The van der Waals surface area contributed by atoms with Crippen LogP contribution in [0.4, 0.5) is 5.82 Å². The van der Waals surface area contributed by atoms with Crippen LogP contribution < -0.4 is 5.32 Å². The summed E-state index contributed by atoms with van der Waals surface area (Å²) in [6, 6.07) is 3.61. The van der Waals surface area contributed by atoms with Gasteiger partial charge in [-0.25, -0.2) is 4.98 Å². The second-order valence-electron chi connectivity index (χ2n) is 6.33. The van der Waals surface area contributed by atoms with E-state index in [0.29, 0.717) is 32.0 Å². The van der Waals surface area contributed by atoms with Gasteiger partial charge in [0.25, 0.3) is 0 Å².